The van der Waals surface area contributed by atoms with Crippen molar-refractivity contribution in [2.45, 2.75) is 32.6 Å². The molecule has 0 aliphatic heterocycles. The Morgan fingerprint density at radius 2 is 1.76 bits per heavy atom. The van der Waals surface area contributed by atoms with Gasteiger partial charge in [-0.05, 0) is 36.8 Å². The van der Waals surface area contributed by atoms with Crippen LogP contribution in [0.1, 0.15) is 53.3 Å². The number of carbonyl (C=O) groups excluding carboxylic acids is 3. The Bertz CT molecular complexity index is 892. The first-order valence-corrected chi connectivity index (χ1v) is 9.25. The third kappa shape index (κ3) is 6.84. The van der Waals surface area contributed by atoms with Gasteiger partial charge >= 0.3 is 5.97 Å². The molecule has 0 unspecified atom stereocenters. The monoisotopic (exact) mass is 398 g/mol. The Morgan fingerprint density at radius 3 is 2.41 bits per heavy atom. The maximum Gasteiger partial charge on any atom is 0.338 e. The van der Waals surface area contributed by atoms with E-state index in [1.165, 1.54) is 30.3 Å². The van der Waals surface area contributed by atoms with Crippen LogP contribution in [0.25, 0.3) is 0 Å². The molecule has 152 valence electrons. The lowest BCUT2D eigenvalue weighted by molar-refractivity contribution is -0.384. The van der Waals surface area contributed by atoms with Gasteiger partial charge in [-0.25, -0.2) is 4.79 Å². The van der Waals surface area contributed by atoms with Crippen molar-refractivity contribution >= 4 is 29.0 Å². The number of ketones is 1. The molecule has 0 aliphatic carbocycles. The first-order chi connectivity index (χ1) is 13.9. The SMILES string of the molecule is CCCCCC(=O)Nc1ccc(C(=O)COC(=O)c2cccc([N+](=O)[O-])c2)cc1. The number of benzene rings is 2. The summed E-state index contributed by atoms with van der Waals surface area (Å²) in [6, 6.07) is 11.4. The fraction of sp³-hybridized carbons (Fsp3) is 0.286. The summed E-state index contributed by atoms with van der Waals surface area (Å²) < 4.78 is 4.95. The number of carbonyl (C=O) groups is 3. The summed E-state index contributed by atoms with van der Waals surface area (Å²) in [5.41, 5.74) is 0.656. The molecular weight excluding hydrogens is 376 g/mol. The van der Waals surface area contributed by atoms with Crippen LogP contribution in [-0.4, -0.2) is 29.2 Å². The highest BCUT2D eigenvalue weighted by Gasteiger charge is 2.15. The van der Waals surface area contributed by atoms with Crippen molar-refractivity contribution in [1.82, 2.24) is 0 Å². The number of ether oxygens (including phenoxy) is 1. The number of non-ortho nitro benzene ring substituents is 1. The minimum absolute atomic E-state index is 0.00636. The number of unbranched alkanes of at least 4 members (excludes halogenated alkanes) is 2. The average molecular weight is 398 g/mol. The van der Waals surface area contributed by atoms with E-state index in [2.05, 4.69) is 12.2 Å². The van der Waals surface area contributed by atoms with E-state index < -0.39 is 23.3 Å². The van der Waals surface area contributed by atoms with Crippen LogP contribution in [0.5, 0.6) is 0 Å². The molecule has 8 heteroatoms. The molecule has 0 aliphatic rings. The van der Waals surface area contributed by atoms with E-state index >= 15 is 0 Å². The van der Waals surface area contributed by atoms with Gasteiger partial charge in [-0.2, -0.15) is 0 Å². The largest absolute Gasteiger partial charge is 0.454 e. The highest BCUT2D eigenvalue weighted by Crippen LogP contribution is 2.15. The second kappa shape index (κ2) is 10.7. The van der Waals surface area contributed by atoms with E-state index in [0.29, 0.717) is 17.7 Å². The van der Waals surface area contributed by atoms with E-state index in [9.17, 15) is 24.5 Å². The summed E-state index contributed by atoms with van der Waals surface area (Å²) in [5, 5.41) is 13.5. The molecule has 8 nitrogen and oxygen atoms in total. The lowest BCUT2D eigenvalue weighted by Crippen LogP contribution is -2.15. The van der Waals surface area contributed by atoms with Crippen LogP contribution in [0.4, 0.5) is 11.4 Å². The standard InChI is InChI=1S/C21H22N2O6/c1-2-3-4-8-20(25)22-17-11-9-15(10-12-17)19(24)14-29-21(26)16-6-5-7-18(13-16)23(27)28/h5-7,9-13H,2-4,8,14H2,1H3,(H,22,25). The molecule has 2 aromatic carbocycles. The molecule has 2 rings (SSSR count). The van der Waals surface area contributed by atoms with Crippen LogP contribution >= 0.6 is 0 Å². The second-order valence-electron chi connectivity index (χ2n) is 6.39. The molecule has 0 radical (unpaired) electrons. The van der Waals surface area contributed by atoms with Gasteiger partial charge in [0.1, 0.15) is 0 Å². The maximum absolute atomic E-state index is 12.2. The summed E-state index contributed by atoms with van der Waals surface area (Å²) in [7, 11) is 0. The van der Waals surface area contributed by atoms with E-state index in [-0.39, 0.29) is 17.2 Å². The molecule has 0 saturated heterocycles. The number of nitrogens with zero attached hydrogens (tertiary/aromatic N) is 1. The lowest BCUT2D eigenvalue weighted by Gasteiger charge is -2.07. The molecule has 0 heterocycles. The summed E-state index contributed by atoms with van der Waals surface area (Å²) in [4.78, 5) is 46.1. The normalized spacial score (nSPS) is 10.2. The molecule has 1 amide bonds. The Balaban J connectivity index is 1.87. The number of nitro benzene ring substituents is 1. The van der Waals surface area contributed by atoms with Crippen LogP contribution in [-0.2, 0) is 9.53 Å². The third-order valence-corrected chi connectivity index (χ3v) is 4.13. The van der Waals surface area contributed by atoms with Crippen molar-refractivity contribution in [2.75, 3.05) is 11.9 Å². The van der Waals surface area contributed by atoms with Gasteiger partial charge in [0.25, 0.3) is 5.69 Å². The maximum atomic E-state index is 12.2. The fourth-order valence-corrected chi connectivity index (χ4v) is 2.54. The molecule has 0 fully saturated rings. The number of hydrogen-bond acceptors (Lipinski definition) is 6. The molecular formula is C21H22N2O6. The van der Waals surface area contributed by atoms with Gasteiger partial charge in [-0.1, -0.05) is 25.8 Å². The van der Waals surface area contributed by atoms with Gasteiger partial charge in [-0.15, -0.1) is 0 Å². The van der Waals surface area contributed by atoms with Crippen LogP contribution in [0.15, 0.2) is 48.5 Å². The van der Waals surface area contributed by atoms with Gasteiger partial charge in [0.15, 0.2) is 12.4 Å². The van der Waals surface area contributed by atoms with Crippen molar-refractivity contribution in [3.63, 3.8) is 0 Å². The Hall–Kier alpha value is -3.55. The van der Waals surface area contributed by atoms with Gasteiger partial charge in [-0.3, -0.25) is 19.7 Å². The molecule has 29 heavy (non-hydrogen) atoms. The van der Waals surface area contributed by atoms with Crippen molar-refractivity contribution < 1.29 is 24.0 Å². The minimum atomic E-state index is -0.821. The number of anilines is 1. The summed E-state index contributed by atoms with van der Waals surface area (Å²) >= 11 is 0. The summed E-state index contributed by atoms with van der Waals surface area (Å²) in [5.74, 6) is -1.33. The van der Waals surface area contributed by atoms with E-state index in [0.717, 1.165) is 25.3 Å². The zero-order valence-corrected chi connectivity index (χ0v) is 16.1. The molecule has 0 atom stereocenters. The number of amides is 1. The van der Waals surface area contributed by atoms with E-state index in [4.69, 9.17) is 4.74 Å². The van der Waals surface area contributed by atoms with Crippen molar-refractivity contribution in [3.05, 3.63) is 69.8 Å². The average Bonchev–Trinajstić information content (AvgIpc) is 2.72. The quantitative estimate of drug-likeness (QED) is 0.211. The summed E-state index contributed by atoms with van der Waals surface area (Å²) in [6.07, 6.45) is 3.31. The van der Waals surface area contributed by atoms with Crippen molar-refractivity contribution in [2.24, 2.45) is 0 Å². The predicted molar refractivity (Wildman–Crippen MR) is 107 cm³/mol. The van der Waals surface area contributed by atoms with Crippen LogP contribution < -0.4 is 5.32 Å². The van der Waals surface area contributed by atoms with Crippen molar-refractivity contribution in [3.8, 4) is 0 Å². The zero-order valence-electron chi connectivity index (χ0n) is 16.1. The minimum Gasteiger partial charge on any atom is -0.454 e. The molecule has 2 aromatic rings. The van der Waals surface area contributed by atoms with Gasteiger partial charge in [0.05, 0.1) is 10.5 Å². The number of hydrogen-bond donors (Lipinski definition) is 1. The smallest absolute Gasteiger partial charge is 0.338 e. The number of esters is 1. The lowest BCUT2D eigenvalue weighted by atomic mass is 10.1. The molecule has 0 aromatic heterocycles. The first kappa shape index (κ1) is 21.7. The third-order valence-electron chi connectivity index (χ3n) is 4.13. The van der Waals surface area contributed by atoms with Gasteiger partial charge in [0, 0.05) is 29.8 Å². The number of rotatable bonds is 10. The molecule has 0 bridgehead atoms. The fourth-order valence-electron chi connectivity index (χ4n) is 2.54. The van der Waals surface area contributed by atoms with Crippen LogP contribution in [0.3, 0.4) is 0 Å². The van der Waals surface area contributed by atoms with E-state index in [1.54, 1.807) is 12.1 Å². The highest BCUT2D eigenvalue weighted by molar-refractivity contribution is 6.00. The molecule has 0 spiro atoms. The summed E-state index contributed by atoms with van der Waals surface area (Å²) in [6.45, 7) is 1.57. The van der Waals surface area contributed by atoms with Crippen LogP contribution in [0.2, 0.25) is 0 Å². The van der Waals surface area contributed by atoms with Gasteiger partial charge in [0.2, 0.25) is 5.91 Å². The number of nitro groups is 1. The highest BCUT2D eigenvalue weighted by atomic mass is 16.6. The van der Waals surface area contributed by atoms with Crippen LogP contribution in [0, 0.1) is 10.1 Å². The zero-order chi connectivity index (χ0) is 21.2. The van der Waals surface area contributed by atoms with Gasteiger partial charge < -0.3 is 10.1 Å². The molecule has 0 saturated carbocycles. The Morgan fingerprint density at radius 1 is 1.03 bits per heavy atom. The number of Topliss-reactive ketones (excluding diaryl/α,β-unsaturated/α-hetero) is 1. The topological polar surface area (TPSA) is 116 Å². The molecule has 1 N–H and O–H groups in total. The first-order valence-electron chi connectivity index (χ1n) is 9.25. The number of nitrogens with one attached hydrogen (secondary N) is 1. The Kier molecular flexibility index (Phi) is 8.02. The van der Waals surface area contributed by atoms with Crippen molar-refractivity contribution in [1.29, 1.82) is 0 Å². The predicted octanol–water partition coefficient (Wildman–Crippen LogP) is 4.15. The second-order valence-corrected chi connectivity index (χ2v) is 6.39. The Labute approximate surface area is 168 Å². The van der Waals surface area contributed by atoms with E-state index in [1.807, 2.05) is 0 Å².